The van der Waals surface area contributed by atoms with Crippen molar-refractivity contribution in [2.24, 2.45) is 5.73 Å². The van der Waals surface area contributed by atoms with Crippen molar-refractivity contribution in [3.05, 3.63) is 53.9 Å². The maximum Gasteiger partial charge on any atom is 0.274 e. The number of amides is 1. The summed E-state index contributed by atoms with van der Waals surface area (Å²) in [5, 5.41) is 2.76. The van der Waals surface area contributed by atoms with Gasteiger partial charge in [0, 0.05) is 11.8 Å². The van der Waals surface area contributed by atoms with E-state index in [0.717, 1.165) is 0 Å². The fourth-order valence-electron chi connectivity index (χ4n) is 1.69. The number of nitrogens with zero attached hydrogens (tertiary/aromatic N) is 1. The van der Waals surface area contributed by atoms with Crippen molar-refractivity contribution >= 4 is 11.6 Å². The minimum Gasteiger partial charge on any atom is -0.495 e. The lowest BCUT2D eigenvalue weighted by molar-refractivity contribution is 0.102. The monoisotopic (exact) mass is 281 g/mol. The summed E-state index contributed by atoms with van der Waals surface area (Å²) in [5.74, 6) is 5.86. The Balaban J connectivity index is 2.13. The second-order valence-corrected chi connectivity index (χ2v) is 4.09. The Labute approximate surface area is 123 Å². The predicted molar refractivity (Wildman–Crippen MR) is 81.1 cm³/mol. The minimum absolute atomic E-state index is 0.288. The molecule has 0 fully saturated rings. The van der Waals surface area contributed by atoms with Crippen LogP contribution in [0.15, 0.2) is 42.6 Å². The number of carbonyl (C=O) groups excluding carboxylic acids is 1. The third-order valence-corrected chi connectivity index (χ3v) is 2.69. The lowest BCUT2D eigenvalue weighted by atomic mass is 10.2. The smallest absolute Gasteiger partial charge is 0.274 e. The van der Waals surface area contributed by atoms with E-state index in [4.69, 9.17) is 10.5 Å². The number of rotatable bonds is 3. The van der Waals surface area contributed by atoms with E-state index >= 15 is 0 Å². The van der Waals surface area contributed by atoms with Crippen molar-refractivity contribution in [2.45, 2.75) is 0 Å². The van der Waals surface area contributed by atoms with Gasteiger partial charge in [0.05, 0.1) is 19.3 Å². The zero-order valence-electron chi connectivity index (χ0n) is 11.6. The maximum absolute atomic E-state index is 12.1. The molecule has 0 bridgehead atoms. The molecular formula is C16H15N3O2. The summed E-state index contributed by atoms with van der Waals surface area (Å²) in [7, 11) is 1.55. The highest BCUT2D eigenvalue weighted by Gasteiger charge is 2.10. The SMILES string of the molecule is COc1ccccc1NC(=O)c1ccc(C#CCN)cn1. The molecule has 1 heterocycles. The number of aromatic nitrogens is 1. The van der Waals surface area contributed by atoms with Crippen LogP contribution in [0.4, 0.5) is 5.69 Å². The van der Waals surface area contributed by atoms with Gasteiger partial charge in [0.1, 0.15) is 11.4 Å². The number of pyridine rings is 1. The number of hydrogen-bond donors (Lipinski definition) is 2. The van der Waals surface area contributed by atoms with Crippen molar-refractivity contribution in [2.75, 3.05) is 19.0 Å². The first kappa shape index (κ1) is 14.6. The predicted octanol–water partition coefficient (Wildman–Crippen LogP) is 1.65. The van der Waals surface area contributed by atoms with Crippen LogP contribution in [0.2, 0.25) is 0 Å². The number of benzene rings is 1. The topological polar surface area (TPSA) is 77.2 Å². The van der Waals surface area contributed by atoms with Crippen molar-refractivity contribution < 1.29 is 9.53 Å². The number of methoxy groups -OCH3 is 1. The van der Waals surface area contributed by atoms with Crippen LogP contribution in [0.25, 0.3) is 0 Å². The zero-order chi connectivity index (χ0) is 15.1. The number of carbonyl (C=O) groups is 1. The van der Waals surface area contributed by atoms with Crippen molar-refractivity contribution in [3.63, 3.8) is 0 Å². The van der Waals surface area contributed by atoms with Gasteiger partial charge in [-0.3, -0.25) is 4.79 Å². The molecule has 1 aromatic carbocycles. The number of para-hydroxylation sites is 2. The summed E-state index contributed by atoms with van der Waals surface area (Å²) >= 11 is 0. The van der Waals surface area contributed by atoms with Crippen LogP contribution in [0.1, 0.15) is 16.1 Å². The van der Waals surface area contributed by atoms with Gasteiger partial charge in [-0.15, -0.1) is 0 Å². The summed E-state index contributed by atoms with van der Waals surface area (Å²) < 4.78 is 5.18. The molecule has 21 heavy (non-hydrogen) atoms. The molecule has 3 N–H and O–H groups in total. The third-order valence-electron chi connectivity index (χ3n) is 2.69. The van der Waals surface area contributed by atoms with Crippen molar-refractivity contribution in [1.82, 2.24) is 4.98 Å². The fourth-order valence-corrected chi connectivity index (χ4v) is 1.69. The van der Waals surface area contributed by atoms with E-state index in [1.807, 2.05) is 12.1 Å². The van der Waals surface area contributed by atoms with E-state index in [1.54, 1.807) is 37.6 Å². The molecule has 0 saturated carbocycles. The van der Waals surface area contributed by atoms with Gasteiger partial charge in [-0.25, -0.2) is 4.98 Å². The number of nitrogens with one attached hydrogen (secondary N) is 1. The van der Waals surface area contributed by atoms with Crippen LogP contribution in [-0.2, 0) is 0 Å². The second kappa shape index (κ2) is 7.08. The number of ether oxygens (including phenoxy) is 1. The molecule has 1 aromatic heterocycles. The molecule has 0 aliphatic heterocycles. The normalized spacial score (nSPS) is 9.43. The second-order valence-electron chi connectivity index (χ2n) is 4.09. The quantitative estimate of drug-likeness (QED) is 0.839. The van der Waals surface area contributed by atoms with Crippen LogP contribution in [0, 0.1) is 11.8 Å². The van der Waals surface area contributed by atoms with E-state index in [1.165, 1.54) is 0 Å². The van der Waals surface area contributed by atoms with Gasteiger partial charge in [0.15, 0.2) is 0 Å². The van der Waals surface area contributed by atoms with Crippen LogP contribution < -0.4 is 15.8 Å². The van der Waals surface area contributed by atoms with Crippen molar-refractivity contribution in [1.29, 1.82) is 0 Å². The molecule has 5 heteroatoms. The summed E-state index contributed by atoms with van der Waals surface area (Å²) in [5.41, 5.74) is 6.92. The fraction of sp³-hybridized carbons (Fsp3) is 0.125. The molecule has 0 saturated heterocycles. The number of hydrogen-bond acceptors (Lipinski definition) is 4. The first-order chi connectivity index (χ1) is 10.2. The van der Waals surface area contributed by atoms with Gasteiger partial charge in [0.25, 0.3) is 5.91 Å². The average molecular weight is 281 g/mol. The molecule has 0 aliphatic carbocycles. The molecule has 106 valence electrons. The molecule has 0 spiro atoms. The Morgan fingerprint density at radius 1 is 1.33 bits per heavy atom. The number of anilines is 1. The molecule has 0 atom stereocenters. The molecular weight excluding hydrogens is 266 g/mol. The Bertz CT molecular complexity index is 685. The molecule has 2 rings (SSSR count). The molecule has 0 unspecified atom stereocenters. The van der Waals surface area contributed by atoms with E-state index in [0.29, 0.717) is 22.7 Å². The molecule has 1 amide bonds. The van der Waals surface area contributed by atoms with E-state index < -0.39 is 0 Å². The summed E-state index contributed by atoms with van der Waals surface area (Å²) in [4.78, 5) is 16.2. The molecule has 5 nitrogen and oxygen atoms in total. The molecule has 0 radical (unpaired) electrons. The van der Waals surface area contributed by atoms with Gasteiger partial charge < -0.3 is 15.8 Å². The summed E-state index contributed by atoms with van der Waals surface area (Å²) in [6.45, 7) is 0.288. The number of nitrogens with two attached hydrogens (primary N) is 1. The maximum atomic E-state index is 12.1. The average Bonchev–Trinajstić information content (AvgIpc) is 2.54. The van der Waals surface area contributed by atoms with Crippen molar-refractivity contribution in [3.8, 4) is 17.6 Å². The first-order valence-electron chi connectivity index (χ1n) is 6.34. The Morgan fingerprint density at radius 2 is 2.14 bits per heavy atom. The van der Waals surface area contributed by atoms with Crippen LogP contribution >= 0.6 is 0 Å². The Morgan fingerprint density at radius 3 is 2.81 bits per heavy atom. The van der Waals surface area contributed by atoms with Crippen LogP contribution in [-0.4, -0.2) is 24.5 Å². The minimum atomic E-state index is -0.308. The van der Waals surface area contributed by atoms with E-state index in [2.05, 4.69) is 22.1 Å². The van der Waals surface area contributed by atoms with E-state index in [-0.39, 0.29) is 12.5 Å². The Kier molecular flexibility index (Phi) is 4.91. The summed E-state index contributed by atoms with van der Waals surface area (Å²) in [6, 6.07) is 10.5. The molecule has 0 aliphatic rings. The first-order valence-corrected chi connectivity index (χ1v) is 6.34. The van der Waals surface area contributed by atoms with Crippen LogP contribution in [0.5, 0.6) is 5.75 Å². The highest BCUT2D eigenvalue weighted by atomic mass is 16.5. The standard InChI is InChI=1S/C16H15N3O2/c1-21-15-7-3-2-6-13(15)19-16(20)14-9-8-12(11-18-14)5-4-10-17/h2-3,6-9,11H,10,17H2,1H3,(H,19,20). The lowest BCUT2D eigenvalue weighted by Gasteiger charge is -2.09. The third kappa shape index (κ3) is 3.81. The molecule has 2 aromatic rings. The largest absolute Gasteiger partial charge is 0.495 e. The zero-order valence-corrected chi connectivity index (χ0v) is 11.6. The van der Waals surface area contributed by atoms with Crippen LogP contribution in [0.3, 0.4) is 0 Å². The summed E-state index contributed by atoms with van der Waals surface area (Å²) in [6.07, 6.45) is 1.54. The lowest BCUT2D eigenvalue weighted by Crippen LogP contribution is -2.14. The van der Waals surface area contributed by atoms with Gasteiger partial charge in [-0.1, -0.05) is 24.0 Å². The highest BCUT2D eigenvalue weighted by molar-refractivity contribution is 6.03. The van der Waals surface area contributed by atoms with Gasteiger partial charge in [-0.05, 0) is 24.3 Å². The van der Waals surface area contributed by atoms with Gasteiger partial charge in [0.2, 0.25) is 0 Å². The van der Waals surface area contributed by atoms with Gasteiger partial charge >= 0.3 is 0 Å². The Hall–Kier alpha value is -2.84. The van der Waals surface area contributed by atoms with E-state index in [9.17, 15) is 4.79 Å². The highest BCUT2D eigenvalue weighted by Crippen LogP contribution is 2.23. The van der Waals surface area contributed by atoms with Gasteiger partial charge in [-0.2, -0.15) is 0 Å².